The molecule has 0 spiro atoms. The fraction of sp³-hybridized carbons (Fsp3) is 0.200. The largest absolute Gasteiger partial charge is 0.495 e. The SMILES string of the molecule is COc1cc(C)ccc1NS(=O)(=O)c1cccc(Cl)c1C. The zero-order valence-electron chi connectivity index (χ0n) is 12.0. The fourth-order valence-corrected chi connectivity index (χ4v) is 3.53. The molecule has 0 aliphatic carbocycles. The van der Waals surface area contributed by atoms with Gasteiger partial charge in [0.05, 0.1) is 17.7 Å². The predicted molar refractivity (Wildman–Crippen MR) is 84.7 cm³/mol. The number of sulfonamides is 1. The Hall–Kier alpha value is -1.72. The molecule has 0 unspecified atom stereocenters. The van der Waals surface area contributed by atoms with Gasteiger partial charge in [-0.3, -0.25) is 4.72 Å². The molecule has 0 fully saturated rings. The molecular formula is C15H16ClNO3S. The molecule has 0 aliphatic rings. The van der Waals surface area contributed by atoms with Crippen LogP contribution in [0.4, 0.5) is 5.69 Å². The molecule has 0 amide bonds. The van der Waals surface area contributed by atoms with Crippen LogP contribution in [0.1, 0.15) is 11.1 Å². The summed E-state index contributed by atoms with van der Waals surface area (Å²) >= 11 is 5.99. The van der Waals surface area contributed by atoms with Crippen molar-refractivity contribution in [1.29, 1.82) is 0 Å². The smallest absolute Gasteiger partial charge is 0.262 e. The van der Waals surface area contributed by atoms with Gasteiger partial charge < -0.3 is 4.74 Å². The van der Waals surface area contributed by atoms with E-state index in [1.165, 1.54) is 13.2 Å². The van der Waals surface area contributed by atoms with Crippen molar-refractivity contribution in [3.05, 3.63) is 52.5 Å². The van der Waals surface area contributed by atoms with Crippen molar-refractivity contribution in [2.24, 2.45) is 0 Å². The van der Waals surface area contributed by atoms with Gasteiger partial charge in [-0.15, -0.1) is 0 Å². The number of halogens is 1. The second-order valence-electron chi connectivity index (χ2n) is 4.67. The Kier molecular flexibility index (Phi) is 4.44. The molecule has 2 aromatic carbocycles. The highest BCUT2D eigenvalue weighted by atomic mass is 35.5. The first-order chi connectivity index (χ1) is 9.85. The topological polar surface area (TPSA) is 55.4 Å². The summed E-state index contributed by atoms with van der Waals surface area (Å²) in [6, 6.07) is 10.0. The third-order valence-electron chi connectivity index (χ3n) is 3.11. The van der Waals surface area contributed by atoms with Gasteiger partial charge in [0.15, 0.2) is 0 Å². The highest BCUT2D eigenvalue weighted by Gasteiger charge is 2.19. The molecule has 0 aromatic heterocycles. The number of methoxy groups -OCH3 is 1. The van der Waals surface area contributed by atoms with Gasteiger partial charge in [0.1, 0.15) is 5.75 Å². The van der Waals surface area contributed by atoms with E-state index in [4.69, 9.17) is 16.3 Å². The van der Waals surface area contributed by atoms with Crippen LogP contribution in [-0.2, 0) is 10.0 Å². The maximum atomic E-state index is 12.5. The molecule has 2 rings (SSSR count). The number of ether oxygens (including phenoxy) is 1. The van der Waals surface area contributed by atoms with E-state index in [9.17, 15) is 8.42 Å². The second kappa shape index (κ2) is 5.95. The number of anilines is 1. The lowest BCUT2D eigenvalue weighted by molar-refractivity contribution is 0.416. The maximum Gasteiger partial charge on any atom is 0.262 e. The minimum Gasteiger partial charge on any atom is -0.495 e. The summed E-state index contributed by atoms with van der Waals surface area (Å²) in [6.07, 6.45) is 0. The van der Waals surface area contributed by atoms with Crippen LogP contribution in [-0.4, -0.2) is 15.5 Å². The number of benzene rings is 2. The molecule has 0 saturated carbocycles. The predicted octanol–water partition coefficient (Wildman–Crippen LogP) is 3.77. The van der Waals surface area contributed by atoms with Crippen molar-refractivity contribution < 1.29 is 13.2 Å². The van der Waals surface area contributed by atoms with Crippen molar-refractivity contribution in [3.8, 4) is 5.75 Å². The van der Waals surface area contributed by atoms with Gasteiger partial charge in [-0.05, 0) is 49.2 Å². The van der Waals surface area contributed by atoms with Crippen molar-refractivity contribution in [2.45, 2.75) is 18.7 Å². The summed E-state index contributed by atoms with van der Waals surface area (Å²) in [5.74, 6) is 0.471. The molecule has 0 saturated heterocycles. The number of nitrogens with one attached hydrogen (secondary N) is 1. The zero-order valence-corrected chi connectivity index (χ0v) is 13.5. The van der Waals surface area contributed by atoms with Crippen molar-refractivity contribution in [2.75, 3.05) is 11.8 Å². The quantitative estimate of drug-likeness (QED) is 0.931. The fourth-order valence-electron chi connectivity index (χ4n) is 1.96. The van der Waals surface area contributed by atoms with E-state index < -0.39 is 10.0 Å². The third-order valence-corrected chi connectivity index (χ3v) is 5.03. The molecule has 6 heteroatoms. The van der Waals surface area contributed by atoms with Crippen molar-refractivity contribution >= 4 is 27.3 Å². The minimum absolute atomic E-state index is 0.151. The molecule has 21 heavy (non-hydrogen) atoms. The zero-order chi connectivity index (χ0) is 15.6. The molecule has 1 N–H and O–H groups in total. The van der Waals surface area contributed by atoms with Gasteiger partial charge >= 0.3 is 0 Å². The van der Waals surface area contributed by atoms with Crippen LogP contribution in [0.25, 0.3) is 0 Å². The maximum absolute atomic E-state index is 12.5. The highest BCUT2D eigenvalue weighted by molar-refractivity contribution is 7.92. The van der Waals surface area contributed by atoms with Gasteiger partial charge in [-0.1, -0.05) is 23.7 Å². The van der Waals surface area contributed by atoms with E-state index in [2.05, 4.69) is 4.72 Å². The van der Waals surface area contributed by atoms with Crippen LogP contribution < -0.4 is 9.46 Å². The molecule has 0 radical (unpaired) electrons. The highest BCUT2D eigenvalue weighted by Crippen LogP contribution is 2.29. The van der Waals surface area contributed by atoms with E-state index in [0.717, 1.165) is 5.56 Å². The van der Waals surface area contributed by atoms with Gasteiger partial charge in [-0.25, -0.2) is 8.42 Å². The van der Waals surface area contributed by atoms with Crippen LogP contribution in [0.2, 0.25) is 5.02 Å². The van der Waals surface area contributed by atoms with E-state index in [1.54, 1.807) is 31.2 Å². The molecule has 2 aromatic rings. The first-order valence-corrected chi connectivity index (χ1v) is 8.14. The Labute approximate surface area is 129 Å². The van der Waals surface area contributed by atoms with E-state index in [1.807, 2.05) is 13.0 Å². The van der Waals surface area contributed by atoms with E-state index in [0.29, 0.717) is 22.0 Å². The molecule has 112 valence electrons. The number of hydrogen-bond acceptors (Lipinski definition) is 3. The van der Waals surface area contributed by atoms with Crippen LogP contribution in [0, 0.1) is 13.8 Å². The van der Waals surface area contributed by atoms with Crippen LogP contribution in [0.15, 0.2) is 41.3 Å². The lowest BCUT2D eigenvalue weighted by Gasteiger charge is -2.14. The second-order valence-corrected chi connectivity index (χ2v) is 6.73. The average Bonchev–Trinajstić information content (AvgIpc) is 2.43. The summed E-state index contributed by atoms with van der Waals surface area (Å²) in [6.45, 7) is 3.57. The van der Waals surface area contributed by atoms with E-state index >= 15 is 0 Å². The average molecular weight is 326 g/mol. The van der Waals surface area contributed by atoms with Crippen LogP contribution >= 0.6 is 11.6 Å². The Morgan fingerprint density at radius 1 is 1.14 bits per heavy atom. The van der Waals surface area contributed by atoms with Crippen molar-refractivity contribution in [3.63, 3.8) is 0 Å². The molecule has 0 aliphatic heterocycles. The number of aryl methyl sites for hydroxylation is 1. The van der Waals surface area contributed by atoms with Crippen LogP contribution in [0.3, 0.4) is 0 Å². The lowest BCUT2D eigenvalue weighted by Crippen LogP contribution is -2.15. The first-order valence-electron chi connectivity index (χ1n) is 6.27. The van der Waals surface area contributed by atoms with Crippen molar-refractivity contribution in [1.82, 2.24) is 0 Å². The molecule has 4 nitrogen and oxygen atoms in total. The Bertz CT molecular complexity index is 772. The van der Waals surface area contributed by atoms with Crippen LogP contribution in [0.5, 0.6) is 5.75 Å². The van der Waals surface area contributed by atoms with Gasteiger partial charge in [0, 0.05) is 5.02 Å². The summed E-state index contributed by atoms with van der Waals surface area (Å²) in [5.41, 5.74) is 1.88. The summed E-state index contributed by atoms with van der Waals surface area (Å²) in [7, 11) is -2.23. The molecular weight excluding hydrogens is 310 g/mol. The summed E-state index contributed by atoms with van der Waals surface area (Å²) < 4.78 is 32.8. The Morgan fingerprint density at radius 2 is 1.86 bits per heavy atom. The van der Waals surface area contributed by atoms with Gasteiger partial charge in [0.2, 0.25) is 0 Å². The number of rotatable bonds is 4. The minimum atomic E-state index is -3.73. The lowest BCUT2D eigenvalue weighted by atomic mass is 10.2. The Balaban J connectivity index is 2.45. The van der Waals surface area contributed by atoms with Gasteiger partial charge in [0.25, 0.3) is 10.0 Å². The Morgan fingerprint density at radius 3 is 2.52 bits per heavy atom. The van der Waals surface area contributed by atoms with Gasteiger partial charge in [-0.2, -0.15) is 0 Å². The molecule has 0 bridgehead atoms. The summed E-state index contributed by atoms with van der Waals surface area (Å²) in [5, 5.41) is 0.411. The first kappa shape index (κ1) is 15.7. The molecule has 0 atom stereocenters. The summed E-state index contributed by atoms with van der Waals surface area (Å²) in [4.78, 5) is 0.151. The monoisotopic (exact) mass is 325 g/mol. The standard InChI is InChI=1S/C15H16ClNO3S/c1-10-7-8-13(14(9-10)20-3)17-21(18,19)15-6-4-5-12(16)11(15)2/h4-9,17H,1-3H3. The third kappa shape index (κ3) is 3.31. The molecule has 0 heterocycles. The number of hydrogen-bond donors (Lipinski definition) is 1. The normalized spacial score (nSPS) is 11.2. The van der Waals surface area contributed by atoms with E-state index in [-0.39, 0.29) is 4.90 Å².